The molecule has 1 aromatic heterocycles. The first-order valence-corrected chi connectivity index (χ1v) is 2.65. The maximum absolute atomic E-state index is 3.87. The van der Waals surface area contributed by atoms with Crippen molar-refractivity contribution in [3.8, 4) is 0 Å². The predicted octanol–water partition coefficient (Wildman–Crippen LogP) is 0.964. The van der Waals surface area contributed by atoms with Gasteiger partial charge < -0.3 is 10.2 Å². The minimum absolute atomic E-state index is 1.04. The Bertz CT molecular complexity index is 169. The fourth-order valence-corrected chi connectivity index (χ4v) is 0.562. The van der Waals surface area contributed by atoms with Crippen molar-refractivity contribution < 1.29 is 0 Å². The van der Waals surface area contributed by atoms with Gasteiger partial charge in [0.15, 0.2) is 0 Å². The molecule has 0 saturated heterocycles. The van der Waals surface area contributed by atoms with Gasteiger partial charge in [0.1, 0.15) is 0 Å². The molecule has 1 aromatic rings. The Kier molecular flexibility index (Phi) is 1.08. The summed E-state index contributed by atoms with van der Waals surface area (Å²) >= 11 is 0. The van der Waals surface area contributed by atoms with Gasteiger partial charge in [-0.15, -0.1) is 5.69 Å². The van der Waals surface area contributed by atoms with Crippen LogP contribution in [0.2, 0.25) is 0 Å². The van der Waals surface area contributed by atoms with Crippen molar-refractivity contribution in [3.63, 3.8) is 0 Å². The van der Waals surface area contributed by atoms with E-state index < -0.39 is 0 Å². The number of hydrogen-bond donors (Lipinski definition) is 0. The Labute approximate surface area is 48.9 Å². The van der Waals surface area contributed by atoms with Crippen molar-refractivity contribution in [2.45, 2.75) is 20.8 Å². The number of aromatic nitrogens is 2. The highest BCUT2D eigenvalue weighted by molar-refractivity contribution is 5.19. The van der Waals surface area contributed by atoms with E-state index in [9.17, 15) is 0 Å². The predicted molar refractivity (Wildman–Crippen MR) is 31.8 cm³/mol. The van der Waals surface area contributed by atoms with E-state index in [1.165, 1.54) is 5.56 Å². The molecular formula is C6H9N2-. The molecule has 0 bridgehead atoms. The lowest BCUT2D eigenvalue weighted by atomic mass is 10.2. The number of rotatable bonds is 0. The summed E-state index contributed by atoms with van der Waals surface area (Å²) in [6, 6.07) is 0. The van der Waals surface area contributed by atoms with E-state index in [4.69, 9.17) is 0 Å². The monoisotopic (exact) mass is 109 g/mol. The van der Waals surface area contributed by atoms with Crippen LogP contribution in [0.5, 0.6) is 0 Å². The second-order valence-electron chi connectivity index (χ2n) is 2.00. The molecule has 0 aromatic carbocycles. The quantitative estimate of drug-likeness (QED) is 0.496. The van der Waals surface area contributed by atoms with Gasteiger partial charge in [0, 0.05) is 5.69 Å². The molecule has 0 saturated carbocycles. The lowest BCUT2D eigenvalue weighted by Gasteiger charge is -1.93. The van der Waals surface area contributed by atoms with Gasteiger partial charge in [0.25, 0.3) is 0 Å². The molecule has 0 aliphatic carbocycles. The first kappa shape index (κ1) is 5.35. The molecule has 0 fully saturated rings. The maximum atomic E-state index is 3.87. The second kappa shape index (κ2) is 1.62. The third-order valence-corrected chi connectivity index (χ3v) is 1.44. The van der Waals surface area contributed by atoms with Crippen LogP contribution in [0.25, 0.3) is 0 Å². The normalized spacial score (nSPS) is 9.88. The molecule has 1 rings (SSSR count). The molecule has 2 heteroatoms. The minimum atomic E-state index is 1.04. The first-order valence-electron chi connectivity index (χ1n) is 2.65. The lowest BCUT2D eigenvalue weighted by molar-refractivity contribution is 0.989. The number of nitrogens with zero attached hydrogens (tertiary/aromatic N) is 2. The number of aryl methyl sites for hydroxylation is 2. The van der Waals surface area contributed by atoms with Crippen LogP contribution >= 0.6 is 0 Å². The van der Waals surface area contributed by atoms with E-state index in [1.807, 2.05) is 20.8 Å². The zero-order valence-corrected chi connectivity index (χ0v) is 5.39. The molecular weight excluding hydrogens is 100 g/mol. The fourth-order valence-electron chi connectivity index (χ4n) is 0.562. The van der Waals surface area contributed by atoms with Crippen molar-refractivity contribution in [3.05, 3.63) is 17.0 Å². The molecule has 0 radical (unpaired) electrons. The summed E-state index contributed by atoms with van der Waals surface area (Å²) in [6.45, 7) is 5.97. The van der Waals surface area contributed by atoms with Crippen LogP contribution in [0.3, 0.4) is 0 Å². The van der Waals surface area contributed by atoms with E-state index in [2.05, 4.69) is 10.2 Å². The highest BCUT2D eigenvalue weighted by Crippen LogP contribution is 2.03. The molecule has 44 valence electrons. The summed E-state index contributed by atoms with van der Waals surface area (Å²) < 4.78 is 0. The van der Waals surface area contributed by atoms with E-state index in [-0.39, 0.29) is 0 Å². The van der Waals surface area contributed by atoms with Crippen LogP contribution in [0, 0.1) is 20.8 Å². The van der Waals surface area contributed by atoms with Crippen LogP contribution in [0.15, 0.2) is 0 Å². The highest BCUT2D eigenvalue weighted by Gasteiger charge is 1.87. The summed E-state index contributed by atoms with van der Waals surface area (Å²) in [5, 5.41) is 7.73. The molecule has 2 nitrogen and oxygen atoms in total. The van der Waals surface area contributed by atoms with Gasteiger partial charge in [-0.25, -0.2) is 0 Å². The molecule has 0 aliphatic heterocycles. The Morgan fingerprint density at radius 3 is 2.00 bits per heavy atom. The Morgan fingerprint density at radius 2 is 1.88 bits per heavy atom. The van der Waals surface area contributed by atoms with Crippen LogP contribution in [-0.4, -0.2) is 5.10 Å². The van der Waals surface area contributed by atoms with Crippen molar-refractivity contribution in [2.24, 2.45) is 0 Å². The van der Waals surface area contributed by atoms with Crippen LogP contribution in [0.1, 0.15) is 17.0 Å². The summed E-state index contributed by atoms with van der Waals surface area (Å²) in [5.41, 5.74) is 3.30. The van der Waals surface area contributed by atoms with Gasteiger partial charge in [-0.3, -0.25) is 0 Å². The SMILES string of the molecule is Cc1n[n-]c(C)c1C. The summed E-state index contributed by atoms with van der Waals surface area (Å²) in [6.07, 6.45) is 0. The Morgan fingerprint density at radius 1 is 1.25 bits per heavy atom. The highest BCUT2D eigenvalue weighted by atomic mass is 15.1. The van der Waals surface area contributed by atoms with Crippen molar-refractivity contribution in [1.82, 2.24) is 10.2 Å². The molecule has 0 aliphatic rings. The maximum Gasteiger partial charge on any atom is 0.0161 e. The van der Waals surface area contributed by atoms with Gasteiger partial charge in [0.05, 0.1) is 0 Å². The van der Waals surface area contributed by atoms with Crippen LogP contribution < -0.4 is 5.10 Å². The zero-order chi connectivity index (χ0) is 6.15. The molecule has 0 unspecified atom stereocenters. The fraction of sp³-hybridized carbons (Fsp3) is 0.500. The Balaban J connectivity index is 3.19. The average Bonchev–Trinajstić information content (AvgIpc) is 1.98. The lowest BCUT2D eigenvalue weighted by Crippen LogP contribution is -1.75. The van der Waals surface area contributed by atoms with Crippen LogP contribution in [-0.2, 0) is 0 Å². The molecule has 1 heterocycles. The second-order valence-corrected chi connectivity index (χ2v) is 2.00. The van der Waals surface area contributed by atoms with Crippen molar-refractivity contribution in [2.75, 3.05) is 0 Å². The minimum Gasteiger partial charge on any atom is -0.579 e. The van der Waals surface area contributed by atoms with Crippen LogP contribution in [0.4, 0.5) is 0 Å². The molecule has 0 N–H and O–H groups in total. The van der Waals surface area contributed by atoms with E-state index in [1.54, 1.807) is 0 Å². The van der Waals surface area contributed by atoms with E-state index >= 15 is 0 Å². The van der Waals surface area contributed by atoms with E-state index in [0.29, 0.717) is 0 Å². The van der Waals surface area contributed by atoms with Crippen molar-refractivity contribution in [1.29, 1.82) is 0 Å². The largest absolute Gasteiger partial charge is 0.579 e. The van der Waals surface area contributed by atoms with Gasteiger partial charge in [-0.1, -0.05) is 6.92 Å². The topological polar surface area (TPSA) is 27.0 Å². The zero-order valence-electron chi connectivity index (χ0n) is 5.39. The van der Waals surface area contributed by atoms with E-state index in [0.717, 1.165) is 11.4 Å². The third-order valence-electron chi connectivity index (χ3n) is 1.44. The smallest absolute Gasteiger partial charge is 0.0161 e. The summed E-state index contributed by atoms with van der Waals surface area (Å²) in [5.74, 6) is 0. The summed E-state index contributed by atoms with van der Waals surface area (Å²) in [4.78, 5) is 0. The van der Waals surface area contributed by atoms with Gasteiger partial charge in [-0.05, 0) is 19.4 Å². The van der Waals surface area contributed by atoms with Gasteiger partial charge >= 0.3 is 0 Å². The number of hydrogen-bond acceptors (Lipinski definition) is 1. The Hall–Kier alpha value is -0.790. The summed E-state index contributed by atoms with van der Waals surface area (Å²) in [7, 11) is 0. The standard InChI is InChI=1S/C6H9N2/c1-4-5(2)7-8-6(4)3/h1-3H3/q-1. The van der Waals surface area contributed by atoms with Crippen molar-refractivity contribution >= 4 is 0 Å². The van der Waals surface area contributed by atoms with Gasteiger partial charge in [0.2, 0.25) is 0 Å². The molecule has 0 atom stereocenters. The third kappa shape index (κ3) is 0.619. The molecule has 8 heavy (non-hydrogen) atoms. The molecule has 0 spiro atoms. The molecule has 0 amide bonds. The van der Waals surface area contributed by atoms with Gasteiger partial charge in [-0.2, -0.15) is 0 Å². The average molecular weight is 109 g/mol. The first-order chi connectivity index (χ1) is 3.72.